The molecule has 2 rings (SSSR count). The van der Waals surface area contributed by atoms with Gasteiger partial charge in [-0.05, 0) is 24.1 Å². The van der Waals surface area contributed by atoms with Crippen LogP contribution in [0.1, 0.15) is 15.9 Å². The Morgan fingerprint density at radius 1 is 1.06 bits per heavy atom. The van der Waals surface area contributed by atoms with Gasteiger partial charge in [-0.25, -0.2) is 0 Å². The van der Waals surface area contributed by atoms with Crippen molar-refractivity contribution in [1.29, 1.82) is 0 Å². The number of carbonyl (C=O) groups is 1. The maximum Gasteiger partial charge on any atom is 0.179 e. The Morgan fingerprint density at radius 3 is 2.28 bits per heavy atom. The summed E-state index contributed by atoms with van der Waals surface area (Å²) in [5.74, 6) is 0.144. The summed E-state index contributed by atoms with van der Waals surface area (Å²) < 4.78 is 0. The summed E-state index contributed by atoms with van der Waals surface area (Å²) in [6.45, 7) is 0. The average Bonchev–Trinajstić information content (AvgIpc) is 2.41. The number of rotatable bonds is 4. The molecule has 2 aromatic rings. The summed E-state index contributed by atoms with van der Waals surface area (Å²) in [6.07, 6.45) is 0.466. The van der Waals surface area contributed by atoms with Crippen LogP contribution in [0.2, 0.25) is 0 Å². The van der Waals surface area contributed by atoms with Crippen LogP contribution >= 0.6 is 0 Å². The Hall–Kier alpha value is -2.13. The predicted molar refractivity (Wildman–Crippen MR) is 70.6 cm³/mol. The van der Waals surface area contributed by atoms with Gasteiger partial charge in [0.05, 0.1) is 6.04 Å². The molecule has 0 aliphatic heterocycles. The van der Waals surface area contributed by atoms with Crippen molar-refractivity contribution in [2.45, 2.75) is 12.5 Å². The van der Waals surface area contributed by atoms with E-state index in [0.29, 0.717) is 12.0 Å². The molecule has 3 heteroatoms. The van der Waals surface area contributed by atoms with Crippen LogP contribution in [0.5, 0.6) is 5.75 Å². The van der Waals surface area contributed by atoms with Crippen molar-refractivity contribution in [1.82, 2.24) is 0 Å². The summed E-state index contributed by atoms with van der Waals surface area (Å²) in [7, 11) is 0. The first-order valence-corrected chi connectivity index (χ1v) is 5.79. The Balaban J connectivity index is 2.06. The van der Waals surface area contributed by atoms with E-state index in [1.54, 1.807) is 36.4 Å². The maximum atomic E-state index is 12.0. The largest absolute Gasteiger partial charge is 0.508 e. The van der Waals surface area contributed by atoms with Crippen molar-refractivity contribution in [2.75, 3.05) is 0 Å². The first-order valence-electron chi connectivity index (χ1n) is 5.79. The summed E-state index contributed by atoms with van der Waals surface area (Å²) in [4.78, 5) is 12.0. The molecule has 3 N–H and O–H groups in total. The van der Waals surface area contributed by atoms with Crippen molar-refractivity contribution >= 4 is 5.78 Å². The number of phenols is 1. The Morgan fingerprint density at radius 2 is 1.67 bits per heavy atom. The number of hydrogen-bond acceptors (Lipinski definition) is 3. The first-order chi connectivity index (χ1) is 8.66. The van der Waals surface area contributed by atoms with E-state index >= 15 is 0 Å². The van der Waals surface area contributed by atoms with E-state index in [1.165, 1.54) is 0 Å². The van der Waals surface area contributed by atoms with Crippen molar-refractivity contribution in [3.8, 4) is 5.75 Å². The van der Waals surface area contributed by atoms with Crippen LogP contribution in [0.15, 0.2) is 54.6 Å². The Kier molecular flexibility index (Phi) is 3.75. The minimum absolute atomic E-state index is 0.0660. The fraction of sp³-hybridized carbons (Fsp3) is 0.133. The van der Waals surface area contributed by atoms with Crippen molar-refractivity contribution in [2.24, 2.45) is 5.73 Å². The van der Waals surface area contributed by atoms with Gasteiger partial charge in [-0.15, -0.1) is 0 Å². The number of hydrogen-bond donors (Lipinski definition) is 2. The predicted octanol–water partition coefficient (Wildman–Crippen LogP) is 2.14. The van der Waals surface area contributed by atoms with E-state index in [0.717, 1.165) is 5.56 Å². The van der Waals surface area contributed by atoms with Gasteiger partial charge in [-0.1, -0.05) is 42.5 Å². The molecule has 0 saturated heterocycles. The number of ketones is 1. The SMILES string of the molecule is N[C@@H](Cc1ccc(O)cc1)C(=O)c1ccccc1. The Bertz CT molecular complexity index is 520. The van der Waals surface area contributed by atoms with E-state index in [2.05, 4.69) is 0 Å². The van der Waals surface area contributed by atoms with Crippen LogP contribution in [0.25, 0.3) is 0 Å². The van der Waals surface area contributed by atoms with Crippen molar-refractivity contribution in [3.63, 3.8) is 0 Å². The average molecular weight is 241 g/mol. The molecule has 0 amide bonds. The third kappa shape index (κ3) is 2.96. The number of phenolic OH excluding ortho intramolecular Hbond substituents is 1. The second-order valence-electron chi connectivity index (χ2n) is 4.21. The van der Waals surface area contributed by atoms with Crippen molar-refractivity contribution in [3.05, 3.63) is 65.7 Å². The van der Waals surface area contributed by atoms with Gasteiger partial charge in [-0.2, -0.15) is 0 Å². The second kappa shape index (κ2) is 5.47. The maximum absolute atomic E-state index is 12.0. The summed E-state index contributed by atoms with van der Waals surface area (Å²) >= 11 is 0. The highest BCUT2D eigenvalue weighted by Gasteiger charge is 2.15. The van der Waals surface area contributed by atoms with Gasteiger partial charge in [0.25, 0.3) is 0 Å². The van der Waals surface area contributed by atoms with Gasteiger partial charge in [0.15, 0.2) is 5.78 Å². The molecular weight excluding hydrogens is 226 g/mol. The number of aromatic hydroxyl groups is 1. The van der Waals surface area contributed by atoms with Gasteiger partial charge in [0.2, 0.25) is 0 Å². The second-order valence-corrected chi connectivity index (χ2v) is 4.21. The fourth-order valence-electron chi connectivity index (χ4n) is 1.80. The molecule has 3 nitrogen and oxygen atoms in total. The summed E-state index contributed by atoms with van der Waals surface area (Å²) in [5.41, 5.74) is 7.47. The lowest BCUT2D eigenvalue weighted by atomic mass is 9.98. The molecule has 0 bridgehead atoms. The smallest absolute Gasteiger partial charge is 0.179 e. The lowest BCUT2D eigenvalue weighted by molar-refractivity contribution is 0.0961. The molecule has 0 heterocycles. The van der Waals surface area contributed by atoms with Crippen LogP contribution in [0, 0.1) is 0 Å². The van der Waals surface area contributed by atoms with E-state index in [9.17, 15) is 9.90 Å². The van der Waals surface area contributed by atoms with Crippen molar-refractivity contribution < 1.29 is 9.90 Å². The molecule has 0 aromatic heterocycles. The van der Waals surface area contributed by atoms with Gasteiger partial charge in [0.1, 0.15) is 5.75 Å². The van der Waals surface area contributed by atoms with E-state index in [-0.39, 0.29) is 11.5 Å². The molecule has 0 spiro atoms. The molecule has 18 heavy (non-hydrogen) atoms. The first kappa shape index (κ1) is 12.3. The Labute approximate surface area is 106 Å². The molecule has 0 radical (unpaired) electrons. The zero-order chi connectivity index (χ0) is 13.0. The molecule has 1 atom stereocenters. The highest BCUT2D eigenvalue weighted by molar-refractivity contribution is 6.00. The van der Waals surface area contributed by atoms with Crippen LogP contribution in [-0.4, -0.2) is 16.9 Å². The lowest BCUT2D eigenvalue weighted by Crippen LogP contribution is -2.32. The third-order valence-corrected chi connectivity index (χ3v) is 2.79. The monoisotopic (exact) mass is 241 g/mol. The molecule has 0 saturated carbocycles. The number of benzene rings is 2. The highest BCUT2D eigenvalue weighted by atomic mass is 16.3. The van der Waals surface area contributed by atoms with Gasteiger partial charge >= 0.3 is 0 Å². The third-order valence-electron chi connectivity index (χ3n) is 2.79. The van der Waals surface area contributed by atoms with Crippen LogP contribution in [-0.2, 0) is 6.42 Å². The minimum Gasteiger partial charge on any atom is -0.508 e. The number of carbonyl (C=O) groups excluding carboxylic acids is 1. The molecule has 0 unspecified atom stereocenters. The van der Waals surface area contributed by atoms with Gasteiger partial charge < -0.3 is 10.8 Å². The summed E-state index contributed by atoms with van der Waals surface area (Å²) in [6, 6.07) is 15.2. The molecule has 0 aliphatic rings. The molecule has 92 valence electrons. The van der Waals surface area contributed by atoms with Crippen LogP contribution < -0.4 is 5.73 Å². The molecular formula is C15H15NO2. The topological polar surface area (TPSA) is 63.3 Å². The zero-order valence-corrected chi connectivity index (χ0v) is 9.91. The highest BCUT2D eigenvalue weighted by Crippen LogP contribution is 2.12. The van der Waals surface area contributed by atoms with E-state index < -0.39 is 6.04 Å². The summed E-state index contributed by atoms with van der Waals surface area (Å²) in [5, 5.41) is 9.18. The zero-order valence-electron chi connectivity index (χ0n) is 9.91. The van der Waals surface area contributed by atoms with E-state index in [4.69, 9.17) is 5.73 Å². The fourth-order valence-corrected chi connectivity index (χ4v) is 1.80. The lowest BCUT2D eigenvalue weighted by Gasteiger charge is -2.10. The van der Waals surface area contributed by atoms with Crippen LogP contribution in [0.3, 0.4) is 0 Å². The number of Topliss-reactive ketones (excluding diaryl/α,β-unsaturated/α-hetero) is 1. The molecule has 0 fully saturated rings. The minimum atomic E-state index is -0.558. The standard InChI is InChI=1S/C15H15NO2/c16-14(10-11-6-8-13(17)9-7-11)15(18)12-4-2-1-3-5-12/h1-9,14,17H,10,16H2/t14-/m0/s1. The van der Waals surface area contributed by atoms with Gasteiger partial charge in [-0.3, -0.25) is 4.79 Å². The van der Waals surface area contributed by atoms with E-state index in [1.807, 2.05) is 18.2 Å². The molecule has 2 aromatic carbocycles. The van der Waals surface area contributed by atoms with Crippen LogP contribution in [0.4, 0.5) is 0 Å². The quantitative estimate of drug-likeness (QED) is 0.806. The molecule has 0 aliphatic carbocycles. The van der Waals surface area contributed by atoms with Gasteiger partial charge in [0, 0.05) is 5.56 Å². The normalized spacial score (nSPS) is 12.1. The number of nitrogens with two attached hydrogens (primary N) is 1.